The first-order valence-corrected chi connectivity index (χ1v) is 11.3. The number of ether oxygens (including phenoxy) is 1. The molecule has 34 heavy (non-hydrogen) atoms. The summed E-state index contributed by atoms with van der Waals surface area (Å²) in [5.41, 5.74) is 12.9. The molecule has 2 aromatic carbocycles. The van der Waals surface area contributed by atoms with Gasteiger partial charge in [-0.05, 0) is 36.2 Å². The van der Waals surface area contributed by atoms with Crippen LogP contribution in [0.15, 0.2) is 54.5 Å². The minimum absolute atomic E-state index is 0.306. The molecule has 0 radical (unpaired) electrons. The van der Waals surface area contributed by atoms with Crippen LogP contribution >= 0.6 is 11.6 Å². The van der Waals surface area contributed by atoms with E-state index in [-0.39, 0.29) is 11.9 Å². The van der Waals surface area contributed by atoms with Crippen molar-refractivity contribution in [1.29, 1.82) is 5.26 Å². The number of anilines is 2. The molecule has 5 rings (SSSR count). The Morgan fingerprint density at radius 3 is 2.85 bits per heavy atom. The molecular formula is C24H23ClFN7O. The number of fused-ring (bicyclic) bond motifs is 1. The number of nitrogens with zero attached hydrogens (tertiary/aromatic N) is 2. The van der Waals surface area contributed by atoms with Gasteiger partial charge in [0.05, 0.1) is 40.1 Å². The number of nitriles is 1. The van der Waals surface area contributed by atoms with Crippen LogP contribution < -0.4 is 27.0 Å². The number of halogens is 2. The number of aromatic nitrogens is 1. The molecule has 0 spiro atoms. The summed E-state index contributed by atoms with van der Waals surface area (Å²) in [6.07, 6.45) is 4.31. The van der Waals surface area contributed by atoms with E-state index in [1.54, 1.807) is 30.6 Å². The van der Waals surface area contributed by atoms with Gasteiger partial charge in [-0.2, -0.15) is 10.8 Å². The van der Waals surface area contributed by atoms with E-state index in [2.05, 4.69) is 38.1 Å². The minimum Gasteiger partial charge on any atom is -0.383 e. The Balaban J connectivity index is 1.52. The third kappa shape index (κ3) is 4.56. The second-order valence-corrected chi connectivity index (χ2v) is 8.65. The van der Waals surface area contributed by atoms with Gasteiger partial charge in [0.15, 0.2) is 0 Å². The van der Waals surface area contributed by atoms with E-state index in [0.29, 0.717) is 40.9 Å². The first-order chi connectivity index (χ1) is 16.6. The summed E-state index contributed by atoms with van der Waals surface area (Å²) < 4.78 is 19.0. The monoisotopic (exact) mass is 479 g/mol. The van der Waals surface area contributed by atoms with Gasteiger partial charge < -0.3 is 26.2 Å². The zero-order valence-electron chi connectivity index (χ0n) is 18.2. The van der Waals surface area contributed by atoms with Gasteiger partial charge in [0.1, 0.15) is 11.9 Å². The lowest BCUT2D eigenvalue weighted by molar-refractivity contribution is 0.187. The zero-order valence-corrected chi connectivity index (χ0v) is 18.9. The van der Waals surface area contributed by atoms with Crippen LogP contribution in [-0.4, -0.2) is 24.7 Å². The lowest BCUT2D eigenvalue weighted by Crippen LogP contribution is -2.33. The zero-order chi connectivity index (χ0) is 23.5. The maximum atomic E-state index is 13.5. The Hall–Kier alpha value is -3.58. The summed E-state index contributed by atoms with van der Waals surface area (Å²) in [4.78, 5) is 4.43. The minimum atomic E-state index is -0.323. The molecule has 0 bridgehead atoms. The van der Waals surface area contributed by atoms with Gasteiger partial charge in [-0.15, -0.1) is 0 Å². The van der Waals surface area contributed by atoms with Gasteiger partial charge in [-0.25, -0.2) is 4.39 Å². The summed E-state index contributed by atoms with van der Waals surface area (Å²) in [5, 5.41) is 17.8. The SMILES string of the molecule is N#Cc1cnc2c(Cl)cc(N[C@H](C3=CNNN3)c3ccc(F)cc3)cc2c1NCC1CCOC1. The fraction of sp³-hybridized carbons (Fsp3) is 0.250. The van der Waals surface area contributed by atoms with Crippen LogP contribution in [0.1, 0.15) is 23.6 Å². The topological polar surface area (TPSA) is 106 Å². The molecule has 174 valence electrons. The summed E-state index contributed by atoms with van der Waals surface area (Å²) in [7, 11) is 0. The van der Waals surface area contributed by atoms with Crippen LogP contribution in [0.25, 0.3) is 10.9 Å². The molecule has 1 saturated heterocycles. The predicted octanol–water partition coefficient (Wildman–Crippen LogP) is 3.95. The van der Waals surface area contributed by atoms with Crippen LogP contribution in [0.4, 0.5) is 15.8 Å². The van der Waals surface area contributed by atoms with Crippen molar-refractivity contribution in [3.63, 3.8) is 0 Å². The van der Waals surface area contributed by atoms with E-state index >= 15 is 0 Å². The third-order valence-electron chi connectivity index (χ3n) is 5.97. The van der Waals surface area contributed by atoms with Crippen LogP contribution in [0.2, 0.25) is 5.02 Å². The van der Waals surface area contributed by atoms with Crippen LogP contribution in [0.3, 0.4) is 0 Å². The fourth-order valence-corrected chi connectivity index (χ4v) is 4.45. The number of benzene rings is 2. The molecule has 0 amide bonds. The van der Waals surface area contributed by atoms with Gasteiger partial charge >= 0.3 is 0 Å². The molecular weight excluding hydrogens is 457 g/mol. The molecule has 1 unspecified atom stereocenters. The Labute approximate surface area is 201 Å². The van der Waals surface area contributed by atoms with E-state index in [1.165, 1.54) is 12.1 Å². The number of hydrogen-bond acceptors (Lipinski definition) is 8. The number of nitrogens with one attached hydrogen (secondary N) is 5. The Morgan fingerprint density at radius 1 is 1.29 bits per heavy atom. The molecule has 2 atom stereocenters. The second kappa shape index (κ2) is 9.73. The smallest absolute Gasteiger partial charge is 0.123 e. The quantitative estimate of drug-likeness (QED) is 0.347. The summed E-state index contributed by atoms with van der Waals surface area (Å²) in [6.45, 7) is 2.15. The highest BCUT2D eigenvalue weighted by Crippen LogP contribution is 2.35. The van der Waals surface area contributed by atoms with E-state index in [1.807, 2.05) is 6.07 Å². The molecule has 1 fully saturated rings. The molecule has 0 saturated carbocycles. The summed E-state index contributed by atoms with van der Waals surface area (Å²) in [6, 6.07) is 11.9. The first kappa shape index (κ1) is 22.2. The van der Waals surface area contributed by atoms with Crippen molar-refractivity contribution in [3.8, 4) is 6.07 Å². The van der Waals surface area contributed by atoms with Gasteiger partial charge in [0, 0.05) is 42.5 Å². The van der Waals surface area contributed by atoms with E-state index in [0.717, 1.165) is 35.4 Å². The fourth-order valence-electron chi connectivity index (χ4n) is 4.19. The lowest BCUT2D eigenvalue weighted by Gasteiger charge is -2.22. The summed E-state index contributed by atoms with van der Waals surface area (Å²) in [5.74, 6) is 0.0779. The van der Waals surface area contributed by atoms with Crippen molar-refractivity contribution in [2.24, 2.45) is 5.92 Å². The maximum absolute atomic E-state index is 13.5. The highest BCUT2D eigenvalue weighted by molar-refractivity contribution is 6.35. The summed E-state index contributed by atoms with van der Waals surface area (Å²) >= 11 is 6.63. The third-order valence-corrected chi connectivity index (χ3v) is 6.26. The average molecular weight is 480 g/mol. The van der Waals surface area contributed by atoms with Crippen LogP contribution in [0, 0.1) is 23.1 Å². The lowest BCUT2D eigenvalue weighted by atomic mass is 10.0. The largest absolute Gasteiger partial charge is 0.383 e. The Bertz CT molecular complexity index is 1270. The van der Waals surface area contributed by atoms with Gasteiger partial charge in [-0.1, -0.05) is 23.7 Å². The van der Waals surface area contributed by atoms with Gasteiger partial charge in [0.25, 0.3) is 0 Å². The van der Waals surface area contributed by atoms with Crippen LogP contribution in [0.5, 0.6) is 0 Å². The number of hydrogen-bond donors (Lipinski definition) is 5. The van der Waals surface area contributed by atoms with Gasteiger partial charge in [-0.3, -0.25) is 4.98 Å². The molecule has 8 nitrogen and oxygen atoms in total. The molecule has 0 aliphatic carbocycles. The molecule has 3 heterocycles. The number of hydrazine groups is 2. The van der Waals surface area contributed by atoms with Gasteiger partial charge in [0.2, 0.25) is 0 Å². The molecule has 5 N–H and O–H groups in total. The maximum Gasteiger partial charge on any atom is 0.123 e. The average Bonchev–Trinajstić information content (AvgIpc) is 3.56. The highest BCUT2D eigenvalue weighted by Gasteiger charge is 2.22. The first-order valence-electron chi connectivity index (χ1n) is 10.9. The Morgan fingerprint density at radius 2 is 2.15 bits per heavy atom. The van der Waals surface area contributed by atoms with Crippen molar-refractivity contribution in [2.45, 2.75) is 12.5 Å². The molecule has 1 aromatic heterocycles. The Kier molecular flexibility index (Phi) is 6.36. The van der Waals surface area contributed by atoms with Crippen molar-refractivity contribution < 1.29 is 9.13 Å². The molecule has 2 aliphatic rings. The van der Waals surface area contributed by atoms with Crippen LogP contribution in [-0.2, 0) is 4.74 Å². The molecule has 10 heteroatoms. The van der Waals surface area contributed by atoms with Crippen molar-refractivity contribution in [2.75, 3.05) is 30.4 Å². The standard InChI is InChI=1S/C24H23ClFN7O/c25-20-8-18(31-23(21-12-30-33-32-21)15-1-3-17(26)4-2-15)7-19-22(16(9-27)11-29-24(19)20)28-10-14-5-6-34-13-14/h1-4,7-8,11-12,14,23,30-33H,5-6,10,13H2,(H,28,29)/t14?,23-/m0/s1. The van der Waals surface area contributed by atoms with E-state index in [9.17, 15) is 9.65 Å². The predicted molar refractivity (Wildman–Crippen MR) is 129 cm³/mol. The van der Waals surface area contributed by atoms with E-state index < -0.39 is 0 Å². The number of rotatable bonds is 7. The van der Waals surface area contributed by atoms with Crippen molar-refractivity contribution in [3.05, 3.63) is 76.5 Å². The highest BCUT2D eigenvalue weighted by atomic mass is 35.5. The van der Waals surface area contributed by atoms with E-state index in [4.69, 9.17) is 16.3 Å². The second-order valence-electron chi connectivity index (χ2n) is 8.25. The number of pyridine rings is 1. The molecule has 3 aromatic rings. The normalized spacial score (nSPS) is 18.0. The van der Waals surface area contributed by atoms with Crippen molar-refractivity contribution >= 4 is 33.9 Å². The molecule has 2 aliphatic heterocycles. The van der Waals surface area contributed by atoms with Crippen molar-refractivity contribution in [1.82, 2.24) is 21.4 Å².